The molecule has 2 aromatic carbocycles. The fourth-order valence-corrected chi connectivity index (χ4v) is 3.18. The summed E-state index contributed by atoms with van der Waals surface area (Å²) in [6.45, 7) is 5.65. The van der Waals surface area contributed by atoms with Crippen molar-refractivity contribution >= 4 is 29.2 Å². The number of aryl methyl sites for hydroxylation is 1. The van der Waals surface area contributed by atoms with Crippen molar-refractivity contribution in [3.05, 3.63) is 75.2 Å². The van der Waals surface area contributed by atoms with E-state index in [0.29, 0.717) is 46.8 Å². The average molecular weight is 486 g/mol. The van der Waals surface area contributed by atoms with E-state index in [9.17, 15) is 14.4 Å². The summed E-state index contributed by atoms with van der Waals surface area (Å²) < 4.78 is 17.5. The van der Waals surface area contributed by atoms with Crippen molar-refractivity contribution in [2.75, 3.05) is 25.1 Å². The van der Waals surface area contributed by atoms with Crippen LogP contribution in [-0.2, 0) is 9.53 Å². The highest BCUT2D eigenvalue weighted by Crippen LogP contribution is 2.30. The van der Waals surface area contributed by atoms with Crippen LogP contribution >= 0.6 is 11.6 Å². The standard InChI is InChI=1S/C24H24ClN3O6/c1-4-32-20-11-8-17(13-21(20)33-5-2)26-22(30)14-34-24(31)23-19(29)12-15(3)28(27-23)18-9-6-16(25)7-10-18/h6-13H,4-5,14H2,1-3H3,(H,26,30). The second-order valence-electron chi connectivity index (χ2n) is 7.04. The smallest absolute Gasteiger partial charge is 0.363 e. The van der Waals surface area contributed by atoms with E-state index in [1.54, 1.807) is 49.4 Å². The summed E-state index contributed by atoms with van der Waals surface area (Å²) in [7, 11) is 0. The van der Waals surface area contributed by atoms with Crippen LogP contribution in [0.1, 0.15) is 30.0 Å². The first-order chi connectivity index (χ1) is 16.3. The maximum atomic E-state index is 12.5. The quantitative estimate of drug-likeness (QED) is 0.459. The third-order valence-corrected chi connectivity index (χ3v) is 4.79. The zero-order chi connectivity index (χ0) is 24.7. The van der Waals surface area contributed by atoms with Gasteiger partial charge in [-0.15, -0.1) is 0 Å². The Labute approximate surface area is 201 Å². The highest BCUT2D eigenvalue weighted by atomic mass is 35.5. The van der Waals surface area contributed by atoms with Crippen molar-refractivity contribution < 1.29 is 23.8 Å². The molecule has 10 heteroatoms. The summed E-state index contributed by atoms with van der Waals surface area (Å²) in [6, 6.07) is 12.9. The number of nitrogens with zero attached hydrogens (tertiary/aromatic N) is 2. The van der Waals surface area contributed by atoms with Crippen molar-refractivity contribution in [2.24, 2.45) is 0 Å². The SMILES string of the molecule is CCOc1ccc(NC(=O)COC(=O)c2nn(-c3ccc(Cl)cc3)c(C)cc2=O)cc1OCC. The topological polar surface area (TPSA) is 109 Å². The third-order valence-electron chi connectivity index (χ3n) is 4.53. The normalized spacial score (nSPS) is 10.5. The van der Waals surface area contributed by atoms with Crippen LogP contribution in [0.2, 0.25) is 5.02 Å². The van der Waals surface area contributed by atoms with Crippen molar-refractivity contribution in [2.45, 2.75) is 20.8 Å². The van der Waals surface area contributed by atoms with E-state index in [1.165, 1.54) is 10.7 Å². The van der Waals surface area contributed by atoms with E-state index in [0.717, 1.165) is 0 Å². The number of benzene rings is 2. The van der Waals surface area contributed by atoms with Crippen molar-refractivity contribution in [1.82, 2.24) is 9.78 Å². The number of esters is 1. The molecule has 178 valence electrons. The van der Waals surface area contributed by atoms with E-state index in [-0.39, 0.29) is 0 Å². The lowest BCUT2D eigenvalue weighted by atomic mass is 10.2. The van der Waals surface area contributed by atoms with Gasteiger partial charge in [0.1, 0.15) is 0 Å². The van der Waals surface area contributed by atoms with E-state index in [4.69, 9.17) is 25.8 Å². The molecular weight excluding hydrogens is 462 g/mol. The number of ether oxygens (including phenoxy) is 3. The minimum Gasteiger partial charge on any atom is -0.490 e. The number of hydrogen-bond acceptors (Lipinski definition) is 7. The molecule has 1 N–H and O–H groups in total. The van der Waals surface area contributed by atoms with Gasteiger partial charge in [-0.1, -0.05) is 11.6 Å². The Morgan fingerprint density at radius 3 is 2.35 bits per heavy atom. The highest BCUT2D eigenvalue weighted by molar-refractivity contribution is 6.30. The Bertz CT molecular complexity index is 1240. The molecule has 0 bridgehead atoms. The van der Waals surface area contributed by atoms with Gasteiger partial charge in [0.25, 0.3) is 5.91 Å². The van der Waals surface area contributed by atoms with Gasteiger partial charge in [0.2, 0.25) is 11.1 Å². The summed E-state index contributed by atoms with van der Waals surface area (Å²) >= 11 is 5.92. The van der Waals surface area contributed by atoms with Gasteiger partial charge in [-0.05, 0) is 57.2 Å². The molecule has 0 radical (unpaired) electrons. The van der Waals surface area contributed by atoms with Gasteiger partial charge in [0.15, 0.2) is 18.1 Å². The van der Waals surface area contributed by atoms with Crippen LogP contribution < -0.4 is 20.2 Å². The molecule has 1 heterocycles. The largest absolute Gasteiger partial charge is 0.490 e. The zero-order valence-electron chi connectivity index (χ0n) is 19.0. The second-order valence-corrected chi connectivity index (χ2v) is 7.48. The molecule has 3 rings (SSSR count). The summed E-state index contributed by atoms with van der Waals surface area (Å²) in [6.07, 6.45) is 0. The highest BCUT2D eigenvalue weighted by Gasteiger charge is 2.18. The number of amides is 1. The molecule has 0 saturated carbocycles. The first-order valence-corrected chi connectivity index (χ1v) is 10.9. The Balaban J connectivity index is 1.69. The zero-order valence-corrected chi connectivity index (χ0v) is 19.7. The first-order valence-electron chi connectivity index (χ1n) is 10.6. The molecule has 0 spiro atoms. The maximum absolute atomic E-state index is 12.5. The molecule has 1 aromatic heterocycles. The monoisotopic (exact) mass is 485 g/mol. The number of anilines is 1. The molecule has 34 heavy (non-hydrogen) atoms. The van der Waals surface area contributed by atoms with Gasteiger partial charge in [-0.3, -0.25) is 9.59 Å². The molecule has 0 aliphatic carbocycles. The Hall–Kier alpha value is -3.85. The van der Waals surface area contributed by atoms with Gasteiger partial charge in [0, 0.05) is 28.5 Å². The van der Waals surface area contributed by atoms with Crippen LogP contribution in [0.15, 0.2) is 53.3 Å². The van der Waals surface area contributed by atoms with Crippen LogP contribution in [0.3, 0.4) is 0 Å². The molecule has 0 unspecified atom stereocenters. The second kappa shape index (κ2) is 11.3. The van der Waals surface area contributed by atoms with Crippen LogP contribution in [0, 0.1) is 6.92 Å². The maximum Gasteiger partial charge on any atom is 0.363 e. The Morgan fingerprint density at radius 1 is 1.00 bits per heavy atom. The van der Waals surface area contributed by atoms with Crippen molar-refractivity contribution in [1.29, 1.82) is 0 Å². The summed E-state index contributed by atoms with van der Waals surface area (Å²) in [5.41, 5.74) is 0.511. The van der Waals surface area contributed by atoms with E-state index >= 15 is 0 Å². The molecular formula is C24H24ClN3O6. The van der Waals surface area contributed by atoms with Crippen LogP contribution in [0.25, 0.3) is 5.69 Å². The lowest BCUT2D eigenvalue weighted by molar-refractivity contribution is -0.119. The minimum absolute atomic E-state index is 0.423. The van der Waals surface area contributed by atoms with Gasteiger partial charge >= 0.3 is 5.97 Å². The number of carbonyl (C=O) groups excluding carboxylic acids is 2. The summed E-state index contributed by atoms with van der Waals surface area (Å²) in [4.78, 5) is 37.1. The minimum atomic E-state index is -1.01. The number of hydrogen-bond donors (Lipinski definition) is 1. The summed E-state index contributed by atoms with van der Waals surface area (Å²) in [5.74, 6) is -0.573. The predicted molar refractivity (Wildman–Crippen MR) is 127 cm³/mol. The van der Waals surface area contributed by atoms with Crippen molar-refractivity contribution in [3.63, 3.8) is 0 Å². The van der Waals surface area contributed by atoms with Gasteiger partial charge < -0.3 is 19.5 Å². The van der Waals surface area contributed by atoms with Crippen LogP contribution in [-0.4, -0.2) is 41.5 Å². The number of aromatic nitrogens is 2. The van der Waals surface area contributed by atoms with Gasteiger partial charge in [-0.2, -0.15) is 5.10 Å². The molecule has 0 atom stereocenters. The molecule has 0 fully saturated rings. The van der Waals surface area contributed by atoms with Crippen molar-refractivity contribution in [3.8, 4) is 17.2 Å². The number of rotatable bonds is 9. The van der Waals surface area contributed by atoms with E-state index in [1.807, 2.05) is 13.8 Å². The van der Waals surface area contributed by atoms with E-state index in [2.05, 4.69) is 10.4 Å². The molecule has 0 saturated heterocycles. The van der Waals surface area contributed by atoms with Gasteiger partial charge in [-0.25, -0.2) is 9.48 Å². The molecule has 1 amide bonds. The average Bonchev–Trinajstić information content (AvgIpc) is 2.80. The number of halogens is 1. The fraction of sp³-hybridized carbons (Fsp3) is 0.250. The number of carbonyl (C=O) groups is 2. The van der Waals surface area contributed by atoms with Gasteiger partial charge in [0.05, 0.1) is 18.9 Å². The van der Waals surface area contributed by atoms with E-state index < -0.39 is 29.6 Å². The molecule has 9 nitrogen and oxygen atoms in total. The summed E-state index contributed by atoms with van der Waals surface area (Å²) in [5, 5.41) is 7.27. The van der Waals surface area contributed by atoms with Crippen LogP contribution in [0.4, 0.5) is 5.69 Å². The lowest BCUT2D eigenvalue weighted by Crippen LogP contribution is -2.27. The number of nitrogens with one attached hydrogen (secondary N) is 1. The third kappa shape index (κ3) is 6.14. The Morgan fingerprint density at radius 2 is 1.68 bits per heavy atom. The van der Waals surface area contributed by atoms with Crippen LogP contribution in [0.5, 0.6) is 11.5 Å². The molecule has 0 aliphatic rings. The Kier molecular flexibility index (Phi) is 8.26. The predicted octanol–water partition coefficient (Wildman–Crippen LogP) is 3.79. The molecule has 3 aromatic rings. The first kappa shape index (κ1) is 24.8. The molecule has 0 aliphatic heterocycles. The lowest BCUT2D eigenvalue weighted by Gasteiger charge is -2.13. The fourth-order valence-electron chi connectivity index (χ4n) is 3.06.